The van der Waals surface area contributed by atoms with E-state index in [4.69, 9.17) is 0 Å². The monoisotopic (exact) mass is 272 g/mol. The van der Waals surface area contributed by atoms with Gasteiger partial charge < -0.3 is 0 Å². The molecule has 2 aliphatic carbocycles. The molecule has 2 aromatic carbocycles. The molecule has 4 rings (SSSR count). The molecule has 0 N–H and O–H groups in total. The lowest BCUT2D eigenvalue weighted by Crippen LogP contribution is -2.00. The first-order chi connectivity index (χ1) is 10.2. The zero-order chi connectivity index (χ0) is 14.4. The van der Waals surface area contributed by atoms with Crippen LogP contribution in [-0.2, 0) is 0 Å². The Balaban J connectivity index is 1.97. The maximum absolute atomic E-state index is 4.16. The molecule has 21 heavy (non-hydrogen) atoms. The van der Waals surface area contributed by atoms with Crippen LogP contribution >= 0.6 is 0 Å². The fourth-order valence-electron chi connectivity index (χ4n) is 3.72. The molecule has 0 radical (unpaired) electrons. The molecule has 0 unspecified atom stereocenters. The Morgan fingerprint density at radius 2 is 1.43 bits per heavy atom. The Bertz CT molecular complexity index is 762. The van der Waals surface area contributed by atoms with Gasteiger partial charge in [-0.25, -0.2) is 0 Å². The normalized spacial score (nSPS) is 16.9. The molecule has 0 bridgehead atoms. The lowest BCUT2D eigenvalue weighted by molar-refractivity contribution is 0.734. The lowest BCUT2D eigenvalue weighted by Gasteiger charge is -2.20. The van der Waals surface area contributed by atoms with E-state index in [1.54, 1.807) is 5.57 Å². The topological polar surface area (TPSA) is 0 Å². The number of fused-ring (bicyclic) bond motifs is 3. The average Bonchev–Trinajstić information content (AvgIpc) is 2.82. The van der Waals surface area contributed by atoms with Crippen molar-refractivity contribution >= 4 is 5.57 Å². The Morgan fingerprint density at radius 1 is 0.762 bits per heavy atom. The molecule has 0 aliphatic heterocycles. The van der Waals surface area contributed by atoms with Crippen LogP contribution in [0.3, 0.4) is 0 Å². The number of hydrogen-bond donors (Lipinski definition) is 0. The molecule has 0 aromatic heterocycles. The summed E-state index contributed by atoms with van der Waals surface area (Å²) in [7, 11) is 0. The minimum Gasteiger partial charge on any atom is -0.0998 e. The fourth-order valence-corrected chi connectivity index (χ4v) is 3.72. The molecule has 0 heteroatoms. The summed E-state index contributed by atoms with van der Waals surface area (Å²) in [6.45, 7) is 6.34. The van der Waals surface area contributed by atoms with Crippen molar-refractivity contribution in [2.24, 2.45) is 0 Å². The van der Waals surface area contributed by atoms with Gasteiger partial charge in [-0.05, 0) is 60.4 Å². The third-order valence-electron chi connectivity index (χ3n) is 4.85. The second-order valence-corrected chi connectivity index (χ2v) is 6.32. The van der Waals surface area contributed by atoms with Crippen LogP contribution < -0.4 is 0 Å². The molecule has 0 heterocycles. The molecule has 1 fully saturated rings. The van der Waals surface area contributed by atoms with Gasteiger partial charge in [0.25, 0.3) is 0 Å². The first-order valence-electron chi connectivity index (χ1n) is 7.83. The highest BCUT2D eigenvalue weighted by Crippen LogP contribution is 2.48. The lowest BCUT2D eigenvalue weighted by atomic mass is 9.85. The van der Waals surface area contributed by atoms with Crippen LogP contribution in [0.4, 0.5) is 0 Å². The largest absolute Gasteiger partial charge is 0.0998 e. The highest BCUT2D eigenvalue weighted by molar-refractivity contribution is 6.02. The van der Waals surface area contributed by atoms with Crippen molar-refractivity contribution in [3.63, 3.8) is 0 Å². The molecule has 0 spiro atoms. The van der Waals surface area contributed by atoms with Gasteiger partial charge in [-0.1, -0.05) is 65.8 Å². The summed E-state index contributed by atoms with van der Waals surface area (Å²) in [4.78, 5) is 0. The van der Waals surface area contributed by atoms with Gasteiger partial charge in [0, 0.05) is 0 Å². The Labute approximate surface area is 126 Å². The first-order valence-corrected chi connectivity index (χ1v) is 7.83. The minimum absolute atomic E-state index is 1.15. The van der Waals surface area contributed by atoms with E-state index in [1.807, 2.05) is 0 Å². The molecule has 2 aromatic rings. The molecule has 104 valence electrons. The standard InChI is InChI=1S/C21H20/c1-14-7-10-16(11-8-14)21-19-6-4-3-5-17(19)18-12-9-15(2)13-20(18)21/h3-6,9,12-13H,1,7-8,10-11H2,2H3. The van der Waals surface area contributed by atoms with E-state index >= 15 is 0 Å². The van der Waals surface area contributed by atoms with Gasteiger partial charge in [-0.15, -0.1) is 0 Å². The second kappa shape index (κ2) is 4.73. The number of benzene rings is 2. The van der Waals surface area contributed by atoms with Crippen LogP contribution in [0, 0.1) is 6.92 Å². The SMILES string of the molecule is C=C1CCC(=C2c3ccccc3-c3ccc(C)cc32)CC1. The molecule has 0 amide bonds. The van der Waals surface area contributed by atoms with Gasteiger partial charge in [0.05, 0.1) is 0 Å². The van der Waals surface area contributed by atoms with E-state index in [0.29, 0.717) is 0 Å². The molecular weight excluding hydrogens is 252 g/mol. The summed E-state index contributed by atoms with van der Waals surface area (Å²) in [6, 6.07) is 15.7. The summed E-state index contributed by atoms with van der Waals surface area (Å²) in [5, 5.41) is 0. The van der Waals surface area contributed by atoms with Gasteiger partial charge in [0.2, 0.25) is 0 Å². The number of aryl methyl sites for hydroxylation is 1. The summed E-state index contributed by atoms with van der Waals surface area (Å²) >= 11 is 0. The van der Waals surface area contributed by atoms with Crippen molar-refractivity contribution in [3.05, 3.63) is 76.9 Å². The van der Waals surface area contributed by atoms with Crippen LogP contribution in [0.5, 0.6) is 0 Å². The van der Waals surface area contributed by atoms with Crippen LogP contribution in [0.15, 0.2) is 60.2 Å². The summed E-state index contributed by atoms with van der Waals surface area (Å²) in [6.07, 6.45) is 4.66. The number of hydrogen-bond acceptors (Lipinski definition) is 0. The van der Waals surface area contributed by atoms with E-state index in [9.17, 15) is 0 Å². The van der Waals surface area contributed by atoms with Gasteiger partial charge in [0.1, 0.15) is 0 Å². The Kier molecular flexibility index (Phi) is 2.85. The van der Waals surface area contributed by atoms with Crippen molar-refractivity contribution < 1.29 is 0 Å². The third kappa shape index (κ3) is 1.98. The minimum atomic E-state index is 1.15. The van der Waals surface area contributed by atoms with Gasteiger partial charge in [0.15, 0.2) is 0 Å². The van der Waals surface area contributed by atoms with Crippen LogP contribution in [-0.4, -0.2) is 0 Å². The van der Waals surface area contributed by atoms with Crippen molar-refractivity contribution in [1.29, 1.82) is 0 Å². The maximum Gasteiger partial charge on any atom is -0.00968 e. The van der Waals surface area contributed by atoms with E-state index in [2.05, 4.69) is 56.0 Å². The zero-order valence-corrected chi connectivity index (χ0v) is 12.6. The highest BCUT2D eigenvalue weighted by atomic mass is 14.3. The number of allylic oxidation sites excluding steroid dienone is 2. The van der Waals surface area contributed by atoms with Crippen molar-refractivity contribution in [1.82, 2.24) is 0 Å². The molecule has 0 saturated heterocycles. The van der Waals surface area contributed by atoms with E-state index in [-0.39, 0.29) is 0 Å². The average molecular weight is 272 g/mol. The maximum atomic E-state index is 4.16. The molecule has 1 saturated carbocycles. The predicted octanol–water partition coefficient (Wildman–Crippen LogP) is 5.91. The molecule has 2 aliphatic rings. The van der Waals surface area contributed by atoms with Gasteiger partial charge in [-0.3, -0.25) is 0 Å². The Morgan fingerprint density at radius 3 is 2.19 bits per heavy atom. The summed E-state index contributed by atoms with van der Waals surface area (Å²) in [5.41, 5.74) is 11.6. The second-order valence-electron chi connectivity index (χ2n) is 6.32. The molecular formula is C21H20. The van der Waals surface area contributed by atoms with Crippen LogP contribution in [0.25, 0.3) is 16.7 Å². The first kappa shape index (κ1) is 12.6. The highest BCUT2D eigenvalue weighted by Gasteiger charge is 2.26. The van der Waals surface area contributed by atoms with Crippen LogP contribution in [0.2, 0.25) is 0 Å². The quantitative estimate of drug-likeness (QED) is 0.446. The van der Waals surface area contributed by atoms with Crippen molar-refractivity contribution in [3.8, 4) is 11.1 Å². The predicted molar refractivity (Wildman–Crippen MR) is 90.2 cm³/mol. The zero-order valence-electron chi connectivity index (χ0n) is 12.6. The summed E-state index contributed by atoms with van der Waals surface area (Å²) in [5.74, 6) is 0. The Hall–Kier alpha value is -2.08. The van der Waals surface area contributed by atoms with E-state index < -0.39 is 0 Å². The fraction of sp³-hybridized carbons (Fsp3) is 0.238. The van der Waals surface area contributed by atoms with Gasteiger partial charge >= 0.3 is 0 Å². The van der Waals surface area contributed by atoms with Gasteiger partial charge in [-0.2, -0.15) is 0 Å². The van der Waals surface area contributed by atoms with E-state index in [1.165, 1.54) is 51.8 Å². The van der Waals surface area contributed by atoms with E-state index in [0.717, 1.165) is 12.8 Å². The smallest absolute Gasteiger partial charge is 0.00968 e. The van der Waals surface area contributed by atoms with Crippen molar-refractivity contribution in [2.75, 3.05) is 0 Å². The number of rotatable bonds is 0. The van der Waals surface area contributed by atoms with Crippen LogP contribution in [0.1, 0.15) is 42.4 Å². The molecule has 0 atom stereocenters. The third-order valence-corrected chi connectivity index (χ3v) is 4.85. The van der Waals surface area contributed by atoms with Crippen molar-refractivity contribution in [2.45, 2.75) is 32.6 Å². The molecule has 0 nitrogen and oxygen atoms in total. The summed E-state index contributed by atoms with van der Waals surface area (Å²) < 4.78 is 0.